The Bertz CT molecular complexity index is 919. The molecule has 4 heteroatoms. The maximum Gasteiger partial charge on any atom is 0.130 e. The molecule has 0 amide bonds. The fraction of sp³-hybridized carbons (Fsp3) is 0.400. The molecule has 2 fully saturated rings. The Morgan fingerprint density at radius 1 is 0.931 bits per heavy atom. The van der Waals surface area contributed by atoms with E-state index < -0.39 is 0 Å². The number of nitrogens with one attached hydrogen (secondary N) is 2. The summed E-state index contributed by atoms with van der Waals surface area (Å²) in [6, 6.07) is 17.0. The number of fused-ring (bicyclic) bond motifs is 1. The second kappa shape index (κ2) is 7.68. The third kappa shape index (κ3) is 3.58. The van der Waals surface area contributed by atoms with Crippen LogP contribution < -0.4 is 10.1 Å². The number of likely N-dealkylation sites (tertiary alicyclic amines) is 1. The van der Waals surface area contributed by atoms with Gasteiger partial charge in [-0.15, -0.1) is 0 Å². The molecule has 150 valence electrons. The molecule has 29 heavy (non-hydrogen) atoms. The van der Waals surface area contributed by atoms with Crippen LogP contribution in [0.3, 0.4) is 0 Å². The number of nitrogens with zero attached hydrogens (tertiary/aromatic N) is 1. The minimum Gasteiger partial charge on any atom is -0.482 e. The van der Waals surface area contributed by atoms with Crippen LogP contribution in [-0.4, -0.2) is 42.5 Å². The Labute approximate surface area is 173 Å². The number of para-hydroxylation sites is 1. The Morgan fingerprint density at radius 2 is 1.66 bits per heavy atom. The zero-order valence-electron chi connectivity index (χ0n) is 16.9. The van der Waals surface area contributed by atoms with Gasteiger partial charge in [-0.2, -0.15) is 0 Å². The summed E-state index contributed by atoms with van der Waals surface area (Å²) in [5.74, 6) is 1.64. The molecule has 3 aliphatic heterocycles. The number of rotatable bonds is 2. The van der Waals surface area contributed by atoms with Crippen molar-refractivity contribution in [3.8, 4) is 5.75 Å². The van der Waals surface area contributed by atoms with Gasteiger partial charge in [0.15, 0.2) is 0 Å². The summed E-state index contributed by atoms with van der Waals surface area (Å²) in [6.07, 6.45) is 8.00. The van der Waals surface area contributed by atoms with E-state index in [-0.39, 0.29) is 5.60 Å². The molecule has 1 spiro atoms. The van der Waals surface area contributed by atoms with Crippen molar-refractivity contribution in [2.75, 3.05) is 26.2 Å². The lowest BCUT2D eigenvalue weighted by atomic mass is 9.83. The van der Waals surface area contributed by atoms with Crippen LogP contribution in [-0.2, 0) is 0 Å². The minimum absolute atomic E-state index is 0.214. The predicted molar refractivity (Wildman–Crippen MR) is 118 cm³/mol. The van der Waals surface area contributed by atoms with E-state index in [1.807, 2.05) is 0 Å². The highest BCUT2D eigenvalue weighted by Crippen LogP contribution is 2.42. The maximum absolute atomic E-state index is 8.60. The van der Waals surface area contributed by atoms with Gasteiger partial charge in [0.2, 0.25) is 0 Å². The van der Waals surface area contributed by atoms with Crippen molar-refractivity contribution in [3.05, 3.63) is 71.3 Å². The molecule has 4 nitrogen and oxygen atoms in total. The van der Waals surface area contributed by atoms with E-state index >= 15 is 0 Å². The third-order valence-electron chi connectivity index (χ3n) is 6.49. The van der Waals surface area contributed by atoms with Gasteiger partial charge in [-0.25, -0.2) is 0 Å². The van der Waals surface area contributed by atoms with Gasteiger partial charge >= 0.3 is 0 Å². The molecular weight excluding hydrogens is 358 g/mol. The molecule has 3 heterocycles. The van der Waals surface area contributed by atoms with Gasteiger partial charge in [-0.3, -0.25) is 5.41 Å². The number of hydrogen-bond acceptors (Lipinski definition) is 3. The molecule has 2 N–H and O–H groups in total. The second-order valence-electron chi connectivity index (χ2n) is 8.44. The molecule has 2 aromatic carbocycles. The number of amidine groups is 1. The summed E-state index contributed by atoms with van der Waals surface area (Å²) in [7, 11) is 0. The van der Waals surface area contributed by atoms with Crippen molar-refractivity contribution in [1.29, 1.82) is 5.41 Å². The summed E-state index contributed by atoms with van der Waals surface area (Å²) >= 11 is 0. The Hall–Kier alpha value is -2.59. The fourth-order valence-electron chi connectivity index (χ4n) is 4.81. The molecule has 0 radical (unpaired) electrons. The first-order valence-electron chi connectivity index (χ1n) is 10.9. The molecule has 5 rings (SSSR count). The summed E-state index contributed by atoms with van der Waals surface area (Å²) in [6.45, 7) is 3.98. The Balaban J connectivity index is 1.47. The van der Waals surface area contributed by atoms with Crippen molar-refractivity contribution >= 4 is 11.4 Å². The summed E-state index contributed by atoms with van der Waals surface area (Å²) < 4.78 is 6.50. The first-order chi connectivity index (χ1) is 14.2. The standard InChI is InChI=1S/C25H29N3O/c26-24(28-16-4-1-5-17-28)20-10-8-19(9-11-20)22-18-25(12-14-27-15-13-25)29-23-7-3-2-6-21(22)23/h2-3,6-11,18,26-27H,1,4-5,12-17H2. The van der Waals surface area contributed by atoms with Crippen LogP contribution in [0.1, 0.15) is 48.8 Å². The number of ether oxygens (including phenoxy) is 1. The molecule has 2 aromatic rings. The first kappa shape index (κ1) is 18.4. The number of benzene rings is 2. The van der Waals surface area contributed by atoms with Crippen LogP contribution in [0, 0.1) is 5.41 Å². The van der Waals surface area contributed by atoms with Gasteiger partial charge in [0.25, 0.3) is 0 Å². The SMILES string of the molecule is N=C(c1ccc(C2=CC3(CCNCC3)Oc3ccccc32)cc1)N1CCCCC1. The molecule has 0 unspecified atom stereocenters. The van der Waals surface area contributed by atoms with Crippen molar-refractivity contribution in [2.24, 2.45) is 0 Å². The zero-order valence-corrected chi connectivity index (χ0v) is 16.9. The van der Waals surface area contributed by atoms with Crippen molar-refractivity contribution in [2.45, 2.75) is 37.7 Å². The van der Waals surface area contributed by atoms with Crippen molar-refractivity contribution in [1.82, 2.24) is 10.2 Å². The van der Waals surface area contributed by atoms with Gasteiger partial charge in [0.05, 0.1) is 0 Å². The summed E-state index contributed by atoms with van der Waals surface area (Å²) in [5, 5.41) is 12.0. The fourth-order valence-corrected chi connectivity index (χ4v) is 4.81. The average Bonchev–Trinajstić information content (AvgIpc) is 2.79. The topological polar surface area (TPSA) is 48.4 Å². The van der Waals surface area contributed by atoms with E-state index in [0.717, 1.165) is 55.9 Å². The van der Waals surface area contributed by atoms with E-state index in [9.17, 15) is 0 Å². The summed E-state index contributed by atoms with van der Waals surface area (Å²) in [4.78, 5) is 2.21. The highest BCUT2D eigenvalue weighted by atomic mass is 16.5. The molecule has 0 saturated carbocycles. The lowest BCUT2D eigenvalue weighted by Crippen LogP contribution is -2.46. The monoisotopic (exact) mass is 387 g/mol. The van der Waals surface area contributed by atoms with Crippen LogP contribution in [0.5, 0.6) is 5.75 Å². The molecule has 3 aliphatic rings. The van der Waals surface area contributed by atoms with E-state index in [2.05, 4.69) is 64.8 Å². The van der Waals surface area contributed by atoms with E-state index in [0.29, 0.717) is 5.84 Å². The van der Waals surface area contributed by atoms with Crippen LogP contribution in [0.4, 0.5) is 0 Å². The Kier molecular flexibility index (Phi) is 4.88. The first-order valence-corrected chi connectivity index (χ1v) is 10.9. The third-order valence-corrected chi connectivity index (χ3v) is 6.49. The number of piperidine rings is 2. The molecule has 0 atom stereocenters. The average molecular weight is 388 g/mol. The van der Waals surface area contributed by atoms with Gasteiger partial charge in [0.1, 0.15) is 17.2 Å². The molecule has 0 bridgehead atoms. The van der Waals surface area contributed by atoms with Gasteiger partial charge in [-0.1, -0.05) is 42.5 Å². The van der Waals surface area contributed by atoms with Crippen LogP contribution in [0.15, 0.2) is 54.6 Å². The van der Waals surface area contributed by atoms with Gasteiger partial charge in [0, 0.05) is 37.1 Å². The summed E-state index contributed by atoms with van der Waals surface area (Å²) in [5.41, 5.74) is 4.41. The molecule has 0 aromatic heterocycles. The van der Waals surface area contributed by atoms with Crippen molar-refractivity contribution in [3.63, 3.8) is 0 Å². The van der Waals surface area contributed by atoms with Crippen molar-refractivity contribution < 1.29 is 4.74 Å². The van der Waals surface area contributed by atoms with Gasteiger partial charge < -0.3 is 15.0 Å². The second-order valence-corrected chi connectivity index (χ2v) is 8.44. The lowest BCUT2D eigenvalue weighted by Gasteiger charge is -2.40. The molecule has 2 saturated heterocycles. The smallest absolute Gasteiger partial charge is 0.130 e. The molecule has 0 aliphatic carbocycles. The van der Waals surface area contributed by atoms with E-state index in [1.165, 1.54) is 30.4 Å². The molecular formula is C25H29N3O. The quantitative estimate of drug-likeness (QED) is 0.591. The van der Waals surface area contributed by atoms with Crippen LogP contribution >= 0.6 is 0 Å². The highest BCUT2D eigenvalue weighted by Gasteiger charge is 2.36. The lowest BCUT2D eigenvalue weighted by molar-refractivity contribution is 0.0817. The van der Waals surface area contributed by atoms with E-state index in [1.54, 1.807) is 0 Å². The van der Waals surface area contributed by atoms with Crippen LogP contribution in [0.25, 0.3) is 5.57 Å². The number of hydrogen-bond donors (Lipinski definition) is 2. The van der Waals surface area contributed by atoms with Crippen LogP contribution in [0.2, 0.25) is 0 Å². The predicted octanol–water partition coefficient (Wildman–Crippen LogP) is 4.44. The van der Waals surface area contributed by atoms with E-state index in [4.69, 9.17) is 10.1 Å². The maximum atomic E-state index is 8.60. The normalized spacial score (nSPS) is 20.6. The largest absolute Gasteiger partial charge is 0.482 e. The minimum atomic E-state index is -0.214. The Morgan fingerprint density at radius 3 is 2.41 bits per heavy atom. The zero-order chi connectivity index (χ0) is 19.7. The highest BCUT2D eigenvalue weighted by molar-refractivity contribution is 5.97. The van der Waals surface area contributed by atoms with Gasteiger partial charge in [-0.05, 0) is 55.6 Å².